The SMILES string of the molecule is Cc1csc(C(=O)NCCc2cc(C)no2)c1. The normalized spacial score (nSPS) is 10.5. The first-order valence-electron chi connectivity index (χ1n) is 5.40. The molecule has 0 aliphatic heterocycles. The highest BCUT2D eigenvalue weighted by molar-refractivity contribution is 7.12. The van der Waals surface area contributed by atoms with Crippen molar-refractivity contribution >= 4 is 17.2 Å². The van der Waals surface area contributed by atoms with Crippen molar-refractivity contribution in [2.45, 2.75) is 20.3 Å². The van der Waals surface area contributed by atoms with E-state index >= 15 is 0 Å². The van der Waals surface area contributed by atoms with Gasteiger partial charge in [0.15, 0.2) is 0 Å². The van der Waals surface area contributed by atoms with Crippen LogP contribution in [0.3, 0.4) is 0 Å². The Hall–Kier alpha value is -1.62. The number of thiophene rings is 1. The Morgan fingerprint density at radius 2 is 2.29 bits per heavy atom. The predicted octanol–water partition coefficient (Wildman–Crippen LogP) is 2.33. The highest BCUT2D eigenvalue weighted by Gasteiger charge is 2.07. The van der Waals surface area contributed by atoms with Gasteiger partial charge in [0, 0.05) is 19.0 Å². The molecule has 0 bridgehead atoms. The molecule has 1 N–H and O–H groups in total. The Labute approximate surface area is 104 Å². The average molecular weight is 250 g/mol. The van der Waals surface area contributed by atoms with E-state index in [1.165, 1.54) is 11.3 Å². The lowest BCUT2D eigenvalue weighted by Gasteiger charge is -2.00. The molecule has 0 unspecified atom stereocenters. The number of carbonyl (C=O) groups is 1. The number of nitrogens with one attached hydrogen (secondary N) is 1. The third-order valence-electron chi connectivity index (χ3n) is 2.29. The Kier molecular flexibility index (Phi) is 3.58. The van der Waals surface area contributed by atoms with E-state index in [9.17, 15) is 4.79 Å². The van der Waals surface area contributed by atoms with E-state index < -0.39 is 0 Å². The molecule has 0 aromatic carbocycles. The Bertz CT molecular complexity index is 516. The van der Waals surface area contributed by atoms with Crippen molar-refractivity contribution in [3.05, 3.63) is 39.4 Å². The van der Waals surface area contributed by atoms with E-state index in [1.54, 1.807) is 0 Å². The molecule has 0 saturated carbocycles. The van der Waals surface area contributed by atoms with E-state index in [-0.39, 0.29) is 5.91 Å². The van der Waals surface area contributed by atoms with Gasteiger partial charge in [-0.15, -0.1) is 11.3 Å². The van der Waals surface area contributed by atoms with Crippen LogP contribution in [-0.2, 0) is 6.42 Å². The van der Waals surface area contributed by atoms with E-state index in [2.05, 4.69) is 10.5 Å². The molecule has 17 heavy (non-hydrogen) atoms. The molecule has 0 fully saturated rings. The van der Waals surface area contributed by atoms with Crippen molar-refractivity contribution in [1.29, 1.82) is 0 Å². The summed E-state index contributed by atoms with van der Waals surface area (Å²) < 4.78 is 5.06. The molecule has 0 aliphatic carbocycles. The minimum absolute atomic E-state index is 0.0284. The molecule has 0 radical (unpaired) electrons. The molecule has 90 valence electrons. The summed E-state index contributed by atoms with van der Waals surface area (Å²) in [7, 11) is 0. The molecule has 2 aromatic heterocycles. The average Bonchev–Trinajstić information content (AvgIpc) is 2.88. The summed E-state index contributed by atoms with van der Waals surface area (Å²) in [6.07, 6.45) is 0.664. The Balaban J connectivity index is 1.81. The lowest BCUT2D eigenvalue weighted by Crippen LogP contribution is -2.24. The summed E-state index contributed by atoms with van der Waals surface area (Å²) in [5.74, 6) is 0.768. The molecule has 2 rings (SSSR count). The fourth-order valence-electron chi connectivity index (χ4n) is 1.47. The second-order valence-corrected chi connectivity index (χ2v) is 4.84. The van der Waals surface area contributed by atoms with Gasteiger partial charge in [-0.1, -0.05) is 5.16 Å². The van der Waals surface area contributed by atoms with Gasteiger partial charge in [-0.25, -0.2) is 0 Å². The largest absolute Gasteiger partial charge is 0.361 e. The van der Waals surface area contributed by atoms with Crippen LogP contribution in [0.15, 0.2) is 22.0 Å². The van der Waals surface area contributed by atoms with Crippen LogP contribution in [0.25, 0.3) is 0 Å². The van der Waals surface area contributed by atoms with E-state index in [4.69, 9.17) is 4.52 Å². The van der Waals surface area contributed by atoms with E-state index in [0.29, 0.717) is 13.0 Å². The summed E-state index contributed by atoms with van der Waals surface area (Å²) in [6, 6.07) is 3.76. The summed E-state index contributed by atoms with van der Waals surface area (Å²) in [6.45, 7) is 4.41. The van der Waals surface area contributed by atoms with Crippen LogP contribution in [0.5, 0.6) is 0 Å². The number of carbonyl (C=O) groups excluding carboxylic acids is 1. The van der Waals surface area contributed by atoms with Gasteiger partial charge < -0.3 is 9.84 Å². The summed E-state index contributed by atoms with van der Waals surface area (Å²) in [4.78, 5) is 12.5. The second kappa shape index (κ2) is 5.14. The predicted molar refractivity (Wildman–Crippen MR) is 66.3 cm³/mol. The number of nitrogens with zero attached hydrogens (tertiary/aromatic N) is 1. The van der Waals surface area contributed by atoms with Crippen molar-refractivity contribution in [1.82, 2.24) is 10.5 Å². The molecular weight excluding hydrogens is 236 g/mol. The Morgan fingerprint density at radius 3 is 2.88 bits per heavy atom. The molecule has 1 amide bonds. The number of amides is 1. The minimum Gasteiger partial charge on any atom is -0.361 e. The first kappa shape index (κ1) is 11.9. The van der Waals surface area contributed by atoms with Crippen LogP contribution in [0, 0.1) is 13.8 Å². The fraction of sp³-hybridized carbons (Fsp3) is 0.333. The second-order valence-electron chi connectivity index (χ2n) is 3.93. The molecule has 2 aromatic rings. The first-order valence-corrected chi connectivity index (χ1v) is 6.28. The molecule has 4 nitrogen and oxygen atoms in total. The maximum atomic E-state index is 11.7. The van der Waals surface area contributed by atoms with Crippen LogP contribution in [0.2, 0.25) is 0 Å². The number of hydrogen-bond donors (Lipinski definition) is 1. The van der Waals surface area contributed by atoms with Crippen LogP contribution in [-0.4, -0.2) is 17.6 Å². The van der Waals surface area contributed by atoms with Gasteiger partial charge in [0.25, 0.3) is 5.91 Å². The highest BCUT2D eigenvalue weighted by atomic mass is 32.1. The zero-order valence-electron chi connectivity index (χ0n) is 9.82. The quantitative estimate of drug-likeness (QED) is 0.906. The van der Waals surface area contributed by atoms with Crippen molar-refractivity contribution in [3.63, 3.8) is 0 Å². The van der Waals surface area contributed by atoms with Gasteiger partial charge in [0.1, 0.15) is 5.76 Å². The number of aromatic nitrogens is 1. The lowest BCUT2D eigenvalue weighted by atomic mass is 10.3. The van der Waals surface area contributed by atoms with Crippen molar-refractivity contribution < 1.29 is 9.32 Å². The molecule has 2 heterocycles. The number of hydrogen-bond acceptors (Lipinski definition) is 4. The number of aryl methyl sites for hydroxylation is 2. The molecule has 0 spiro atoms. The summed E-state index contributed by atoms with van der Waals surface area (Å²) >= 11 is 1.46. The first-order chi connectivity index (χ1) is 8.15. The molecule has 0 saturated heterocycles. The third kappa shape index (κ3) is 3.17. The van der Waals surface area contributed by atoms with Gasteiger partial charge in [0.2, 0.25) is 0 Å². The summed E-state index contributed by atoms with van der Waals surface area (Å²) in [5.41, 5.74) is 1.98. The Morgan fingerprint density at radius 1 is 1.47 bits per heavy atom. The maximum absolute atomic E-state index is 11.7. The van der Waals surface area contributed by atoms with Gasteiger partial charge in [0.05, 0.1) is 10.6 Å². The standard InChI is InChI=1S/C12H14N2O2S/c1-8-5-11(17-7-8)12(15)13-4-3-10-6-9(2)14-16-10/h5-7H,3-4H2,1-2H3,(H,13,15). The topological polar surface area (TPSA) is 55.1 Å². The van der Waals surface area contributed by atoms with Gasteiger partial charge in [-0.2, -0.15) is 0 Å². The maximum Gasteiger partial charge on any atom is 0.261 e. The van der Waals surface area contributed by atoms with Crippen molar-refractivity contribution in [2.24, 2.45) is 0 Å². The zero-order chi connectivity index (χ0) is 12.3. The molecule has 0 atom stereocenters. The van der Waals surface area contributed by atoms with Crippen LogP contribution in [0.4, 0.5) is 0 Å². The van der Waals surface area contributed by atoms with Gasteiger partial charge >= 0.3 is 0 Å². The van der Waals surface area contributed by atoms with Crippen LogP contribution >= 0.6 is 11.3 Å². The zero-order valence-corrected chi connectivity index (χ0v) is 10.6. The third-order valence-corrected chi connectivity index (χ3v) is 3.33. The lowest BCUT2D eigenvalue weighted by molar-refractivity contribution is 0.0957. The van der Waals surface area contributed by atoms with E-state index in [1.807, 2.05) is 31.4 Å². The minimum atomic E-state index is -0.0284. The molecular formula is C12H14N2O2S. The van der Waals surface area contributed by atoms with Crippen molar-refractivity contribution in [2.75, 3.05) is 6.54 Å². The van der Waals surface area contributed by atoms with Crippen molar-refractivity contribution in [3.8, 4) is 0 Å². The van der Waals surface area contributed by atoms with Crippen LogP contribution < -0.4 is 5.32 Å². The molecule has 0 aliphatic rings. The fourth-order valence-corrected chi connectivity index (χ4v) is 2.28. The van der Waals surface area contributed by atoms with E-state index in [0.717, 1.165) is 21.9 Å². The number of rotatable bonds is 4. The smallest absolute Gasteiger partial charge is 0.261 e. The van der Waals surface area contributed by atoms with Gasteiger partial charge in [-0.3, -0.25) is 4.79 Å². The van der Waals surface area contributed by atoms with Gasteiger partial charge in [-0.05, 0) is 30.9 Å². The highest BCUT2D eigenvalue weighted by Crippen LogP contribution is 2.13. The monoisotopic (exact) mass is 250 g/mol. The summed E-state index contributed by atoms with van der Waals surface area (Å²) in [5, 5.41) is 8.61. The van der Waals surface area contributed by atoms with Crippen LogP contribution in [0.1, 0.15) is 26.7 Å². The molecule has 5 heteroatoms.